The van der Waals surface area contributed by atoms with E-state index in [1.165, 1.54) is 0 Å². The average molecular weight is 260 g/mol. The van der Waals surface area contributed by atoms with Crippen molar-refractivity contribution in [3.05, 3.63) is 61.1 Å². The van der Waals surface area contributed by atoms with Crippen LogP contribution in [0.3, 0.4) is 0 Å². The quantitative estimate of drug-likeness (QED) is 0.572. The van der Waals surface area contributed by atoms with Gasteiger partial charge in [0.25, 0.3) is 0 Å². The summed E-state index contributed by atoms with van der Waals surface area (Å²) >= 11 is 0. The lowest BCUT2D eigenvalue weighted by molar-refractivity contribution is 1.20. The highest BCUT2D eigenvalue weighted by molar-refractivity contribution is 5.97. The molecule has 0 spiro atoms. The second-order valence-corrected chi connectivity index (χ2v) is 4.68. The van der Waals surface area contributed by atoms with E-state index in [1.54, 1.807) is 0 Å². The van der Waals surface area contributed by atoms with Crippen molar-refractivity contribution in [2.24, 2.45) is 0 Å². The number of imidazole rings is 1. The zero-order chi connectivity index (χ0) is 13.5. The maximum absolute atomic E-state index is 6.23. The monoisotopic (exact) mass is 260 g/mol. The number of nitrogens with zero attached hydrogens (tertiary/aromatic N) is 3. The Balaban J connectivity index is 2.09. The molecule has 2 N–H and O–H groups in total. The van der Waals surface area contributed by atoms with Crippen LogP contribution in [0.1, 0.15) is 0 Å². The Bertz CT molecular complexity index is 919. The van der Waals surface area contributed by atoms with Gasteiger partial charge in [0.1, 0.15) is 17.2 Å². The van der Waals surface area contributed by atoms with Crippen molar-refractivity contribution in [2.45, 2.75) is 0 Å². The van der Waals surface area contributed by atoms with Crippen LogP contribution in [0.4, 0.5) is 5.82 Å². The zero-order valence-corrected chi connectivity index (χ0v) is 10.7. The molecule has 0 aliphatic heterocycles. The normalized spacial score (nSPS) is 11.2. The van der Waals surface area contributed by atoms with Gasteiger partial charge in [0.15, 0.2) is 0 Å². The van der Waals surface area contributed by atoms with Gasteiger partial charge in [-0.05, 0) is 17.5 Å². The van der Waals surface area contributed by atoms with E-state index in [-0.39, 0.29) is 0 Å². The summed E-state index contributed by atoms with van der Waals surface area (Å²) in [6.45, 7) is 0. The number of hydrogen-bond acceptors (Lipinski definition) is 3. The van der Waals surface area contributed by atoms with Gasteiger partial charge in [-0.15, -0.1) is 0 Å². The molecular weight excluding hydrogens is 248 g/mol. The Labute approximate surface area is 115 Å². The van der Waals surface area contributed by atoms with E-state index in [4.69, 9.17) is 5.73 Å². The van der Waals surface area contributed by atoms with Crippen LogP contribution in [0.25, 0.3) is 27.7 Å². The Morgan fingerprint density at radius 3 is 2.70 bits per heavy atom. The van der Waals surface area contributed by atoms with Crippen molar-refractivity contribution in [3.63, 3.8) is 0 Å². The Kier molecular flexibility index (Phi) is 2.23. The molecule has 3 aromatic heterocycles. The third-order valence-electron chi connectivity index (χ3n) is 3.49. The molecule has 0 saturated heterocycles. The highest BCUT2D eigenvalue weighted by atomic mass is 15.1. The predicted molar refractivity (Wildman–Crippen MR) is 80.3 cm³/mol. The molecule has 4 nitrogen and oxygen atoms in total. The summed E-state index contributed by atoms with van der Waals surface area (Å²) in [5, 5.41) is 2.19. The van der Waals surface area contributed by atoms with Gasteiger partial charge in [-0.3, -0.25) is 9.38 Å². The van der Waals surface area contributed by atoms with Crippen molar-refractivity contribution in [1.82, 2.24) is 14.4 Å². The third kappa shape index (κ3) is 1.48. The fourth-order valence-corrected chi connectivity index (χ4v) is 2.52. The first-order chi connectivity index (χ1) is 9.84. The van der Waals surface area contributed by atoms with Gasteiger partial charge in [0.2, 0.25) is 0 Å². The molecule has 96 valence electrons. The van der Waals surface area contributed by atoms with Crippen LogP contribution in [-0.4, -0.2) is 14.4 Å². The molecule has 0 amide bonds. The van der Waals surface area contributed by atoms with E-state index in [1.807, 2.05) is 59.4 Å². The number of pyridine rings is 2. The van der Waals surface area contributed by atoms with E-state index in [9.17, 15) is 0 Å². The van der Waals surface area contributed by atoms with Crippen LogP contribution < -0.4 is 5.73 Å². The van der Waals surface area contributed by atoms with Gasteiger partial charge in [-0.25, -0.2) is 4.98 Å². The van der Waals surface area contributed by atoms with Crippen molar-refractivity contribution in [3.8, 4) is 11.3 Å². The van der Waals surface area contributed by atoms with Gasteiger partial charge in [0.05, 0.1) is 0 Å². The van der Waals surface area contributed by atoms with E-state index in [0.29, 0.717) is 5.82 Å². The second-order valence-electron chi connectivity index (χ2n) is 4.68. The minimum atomic E-state index is 0.638. The smallest absolute Gasteiger partial charge is 0.139 e. The highest BCUT2D eigenvalue weighted by Gasteiger charge is 2.13. The number of fused-ring (bicyclic) bond motifs is 2. The Morgan fingerprint density at radius 1 is 0.950 bits per heavy atom. The number of rotatable bonds is 1. The predicted octanol–water partition coefficient (Wildman–Crippen LogP) is 3.13. The first-order valence-electron chi connectivity index (χ1n) is 6.40. The number of benzene rings is 1. The topological polar surface area (TPSA) is 56.2 Å². The molecule has 0 atom stereocenters. The van der Waals surface area contributed by atoms with Crippen molar-refractivity contribution in [1.29, 1.82) is 0 Å². The molecule has 0 saturated carbocycles. The summed E-state index contributed by atoms with van der Waals surface area (Å²) < 4.78 is 1.89. The molecule has 4 rings (SSSR count). The molecule has 3 heterocycles. The Morgan fingerprint density at radius 2 is 1.80 bits per heavy atom. The van der Waals surface area contributed by atoms with Gasteiger partial charge in [-0.2, -0.15) is 0 Å². The Hall–Kier alpha value is -2.88. The molecule has 4 aromatic rings. The van der Waals surface area contributed by atoms with Crippen molar-refractivity contribution >= 4 is 22.2 Å². The minimum Gasteiger partial charge on any atom is -0.383 e. The number of anilines is 1. The summed E-state index contributed by atoms with van der Waals surface area (Å²) in [4.78, 5) is 8.93. The average Bonchev–Trinajstić information content (AvgIpc) is 2.84. The highest BCUT2D eigenvalue weighted by Crippen LogP contribution is 2.31. The maximum Gasteiger partial charge on any atom is 0.139 e. The van der Waals surface area contributed by atoms with Crippen LogP contribution in [0, 0.1) is 0 Å². The van der Waals surface area contributed by atoms with Crippen LogP contribution >= 0.6 is 0 Å². The van der Waals surface area contributed by atoms with Gasteiger partial charge >= 0.3 is 0 Å². The molecule has 0 unspecified atom stereocenters. The SMILES string of the molecule is Nc1c(-c2cncc3ccccc23)nc2ccccn12. The number of nitrogen functional groups attached to an aromatic ring is 1. The minimum absolute atomic E-state index is 0.638. The molecule has 0 radical (unpaired) electrons. The number of hydrogen-bond donors (Lipinski definition) is 1. The van der Waals surface area contributed by atoms with Gasteiger partial charge in [-0.1, -0.05) is 30.3 Å². The van der Waals surface area contributed by atoms with Crippen LogP contribution in [-0.2, 0) is 0 Å². The van der Waals surface area contributed by atoms with E-state index >= 15 is 0 Å². The van der Waals surface area contributed by atoms with E-state index in [2.05, 4.69) is 16.0 Å². The first kappa shape index (κ1) is 11.0. The summed E-state index contributed by atoms with van der Waals surface area (Å²) in [5.74, 6) is 0.638. The number of nitrogens with two attached hydrogens (primary N) is 1. The van der Waals surface area contributed by atoms with Gasteiger partial charge < -0.3 is 5.73 Å². The van der Waals surface area contributed by atoms with Crippen LogP contribution in [0.5, 0.6) is 0 Å². The molecule has 0 aliphatic rings. The summed E-state index contributed by atoms with van der Waals surface area (Å²) in [6, 6.07) is 14.0. The van der Waals surface area contributed by atoms with Crippen LogP contribution in [0.15, 0.2) is 61.1 Å². The molecule has 0 aliphatic carbocycles. The van der Waals surface area contributed by atoms with E-state index in [0.717, 1.165) is 27.7 Å². The lowest BCUT2D eigenvalue weighted by atomic mass is 10.1. The fourth-order valence-electron chi connectivity index (χ4n) is 2.52. The summed E-state index contributed by atoms with van der Waals surface area (Å²) in [5.41, 5.74) is 8.82. The zero-order valence-electron chi connectivity index (χ0n) is 10.7. The molecule has 4 heteroatoms. The summed E-state index contributed by atoms with van der Waals surface area (Å²) in [7, 11) is 0. The van der Waals surface area contributed by atoms with E-state index < -0.39 is 0 Å². The third-order valence-corrected chi connectivity index (χ3v) is 3.49. The lowest BCUT2D eigenvalue weighted by Crippen LogP contribution is -1.94. The molecular formula is C16H12N4. The molecule has 0 fully saturated rings. The number of aromatic nitrogens is 3. The standard InChI is InChI=1S/C16H12N4/c17-16-15(19-14-7-3-4-8-20(14)16)13-10-18-9-11-5-1-2-6-12(11)13/h1-10H,17H2. The van der Waals surface area contributed by atoms with Crippen molar-refractivity contribution in [2.75, 3.05) is 5.73 Å². The lowest BCUT2D eigenvalue weighted by Gasteiger charge is -2.04. The van der Waals surface area contributed by atoms with Gasteiger partial charge in [0, 0.05) is 29.5 Å². The maximum atomic E-state index is 6.23. The van der Waals surface area contributed by atoms with Crippen molar-refractivity contribution < 1.29 is 0 Å². The molecule has 20 heavy (non-hydrogen) atoms. The second kappa shape index (κ2) is 4.06. The molecule has 0 bridgehead atoms. The first-order valence-corrected chi connectivity index (χ1v) is 6.40. The summed E-state index contributed by atoms with van der Waals surface area (Å²) in [6.07, 6.45) is 5.59. The molecule has 1 aromatic carbocycles. The fraction of sp³-hybridized carbons (Fsp3) is 0. The largest absolute Gasteiger partial charge is 0.383 e. The van der Waals surface area contributed by atoms with Crippen LogP contribution in [0.2, 0.25) is 0 Å².